The summed E-state index contributed by atoms with van der Waals surface area (Å²) < 4.78 is 1.07. The van der Waals surface area contributed by atoms with Gasteiger partial charge in [-0.2, -0.15) is 0 Å². The lowest BCUT2D eigenvalue weighted by Crippen LogP contribution is -1.96. The third kappa shape index (κ3) is 2.96. The average molecular weight is 291 g/mol. The van der Waals surface area contributed by atoms with Gasteiger partial charge in [0.2, 0.25) is 0 Å². The standard InChI is InChI=1S/C15H15BrO/c1-2-3-4-15(17)13-6-5-12-10-14(16)8-7-11(12)9-13/h2,5-10,15,17H,1,3-4H2. The lowest BCUT2D eigenvalue weighted by Gasteiger charge is -2.10. The van der Waals surface area contributed by atoms with Gasteiger partial charge < -0.3 is 5.11 Å². The number of hydrogen-bond acceptors (Lipinski definition) is 1. The number of rotatable bonds is 4. The Balaban J connectivity index is 2.31. The first-order valence-corrected chi connectivity index (χ1v) is 6.48. The van der Waals surface area contributed by atoms with Gasteiger partial charge in [0, 0.05) is 4.47 Å². The summed E-state index contributed by atoms with van der Waals surface area (Å²) >= 11 is 3.45. The summed E-state index contributed by atoms with van der Waals surface area (Å²) in [6, 6.07) is 12.2. The summed E-state index contributed by atoms with van der Waals surface area (Å²) in [5.74, 6) is 0. The number of hydrogen-bond donors (Lipinski definition) is 1. The van der Waals surface area contributed by atoms with Crippen LogP contribution in [0.3, 0.4) is 0 Å². The van der Waals surface area contributed by atoms with Gasteiger partial charge in [-0.1, -0.05) is 40.2 Å². The van der Waals surface area contributed by atoms with E-state index in [1.165, 1.54) is 5.39 Å². The fourth-order valence-electron chi connectivity index (χ4n) is 1.88. The van der Waals surface area contributed by atoms with E-state index in [2.05, 4.69) is 40.7 Å². The quantitative estimate of drug-likeness (QED) is 0.816. The number of halogens is 1. The Hall–Kier alpha value is -1.12. The van der Waals surface area contributed by atoms with Crippen molar-refractivity contribution in [3.8, 4) is 0 Å². The van der Waals surface area contributed by atoms with Crippen LogP contribution in [0.1, 0.15) is 24.5 Å². The summed E-state index contributed by atoms with van der Waals surface area (Å²) in [7, 11) is 0. The minimum Gasteiger partial charge on any atom is -0.388 e. The fraction of sp³-hybridized carbons (Fsp3) is 0.200. The Bertz CT molecular complexity index is 533. The van der Waals surface area contributed by atoms with Crippen LogP contribution in [0.15, 0.2) is 53.5 Å². The normalized spacial score (nSPS) is 12.6. The van der Waals surface area contributed by atoms with Gasteiger partial charge >= 0.3 is 0 Å². The molecule has 2 heteroatoms. The third-order valence-corrected chi connectivity index (χ3v) is 3.35. The van der Waals surface area contributed by atoms with E-state index in [4.69, 9.17) is 0 Å². The second kappa shape index (κ2) is 5.48. The van der Waals surface area contributed by atoms with Gasteiger partial charge in [-0.05, 0) is 47.4 Å². The van der Waals surface area contributed by atoms with Crippen molar-refractivity contribution in [1.82, 2.24) is 0 Å². The molecule has 88 valence electrons. The topological polar surface area (TPSA) is 20.2 Å². The van der Waals surface area contributed by atoms with Crippen LogP contribution < -0.4 is 0 Å². The summed E-state index contributed by atoms with van der Waals surface area (Å²) in [5.41, 5.74) is 0.974. The van der Waals surface area contributed by atoms with Gasteiger partial charge in [0.15, 0.2) is 0 Å². The molecule has 17 heavy (non-hydrogen) atoms. The summed E-state index contributed by atoms with van der Waals surface area (Å²) in [6.07, 6.45) is 2.99. The Morgan fingerprint density at radius 1 is 1.18 bits per heavy atom. The summed E-state index contributed by atoms with van der Waals surface area (Å²) in [4.78, 5) is 0. The molecule has 2 aromatic carbocycles. The monoisotopic (exact) mass is 290 g/mol. The van der Waals surface area contributed by atoms with Gasteiger partial charge in [0.05, 0.1) is 6.10 Å². The molecule has 1 N–H and O–H groups in total. The highest BCUT2D eigenvalue weighted by Crippen LogP contribution is 2.25. The van der Waals surface area contributed by atoms with Crippen LogP contribution in [0.25, 0.3) is 10.8 Å². The van der Waals surface area contributed by atoms with E-state index in [0.29, 0.717) is 0 Å². The molecule has 0 aromatic heterocycles. The number of benzene rings is 2. The van der Waals surface area contributed by atoms with Crippen molar-refractivity contribution in [2.24, 2.45) is 0 Å². The molecule has 0 saturated carbocycles. The van der Waals surface area contributed by atoms with Crippen LogP contribution in [0, 0.1) is 0 Å². The Morgan fingerprint density at radius 3 is 2.65 bits per heavy atom. The zero-order valence-corrected chi connectivity index (χ0v) is 11.2. The van der Waals surface area contributed by atoms with Gasteiger partial charge in [-0.15, -0.1) is 6.58 Å². The lowest BCUT2D eigenvalue weighted by molar-refractivity contribution is 0.169. The van der Waals surface area contributed by atoms with E-state index in [1.54, 1.807) is 0 Å². The molecular formula is C15H15BrO. The molecule has 0 amide bonds. The molecule has 0 fully saturated rings. The first-order valence-electron chi connectivity index (χ1n) is 5.69. The largest absolute Gasteiger partial charge is 0.388 e. The lowest BCUT2D eigenvalue weighted by atomic mass is 10.0. The molecule has 0 spiro atoms. The maximum Gasteiger partial charge on any atom is 0.0793 e. The highest BCUT2D eigenvalue weighted by atomic mass is 79.9. The molecule has 1 nitrogen and oxygen atoms in total. The van der Waals surface area contributed by atoms with Crippen molar-refractivity contribution in [3.63, 3.8) is 0 Å². The van der Waals surface area contributed by atoms with Crippen molar-refractivity contribution < 1.29 is 5.11 Å². The number of aliphatic hydroxyl groups is 1. The van der Waals surface area contributed by atoms with E-state index in [0.717, 1.165) is 28.3 Å². The molecule has 2 rings (SSSR count). The van der Waals surface area contributed by atoms with E-state index >= 15 is 0 Å². The zero-order valence-electron chi connectivity index (χ0n) is 9.57. The zero-order chi connectivity index (χ0) is 12.3. The number of fused-ring (bicyclic) bond motifs is 1. The molecule has 0 aliphatic rings. The number of allylic oxidation sites excluding steroid dienone is 1. The van der Waals surface area contributed by atoms with Gasteiger partial charge in [0.1, 0.15) is 0 Å². The molecule has 0 saturated heterocycles. The van der Waals surface area contributed by atoms with Gasteiger partial charge in [-0.25, -0.2) is 0 Å². The maximum atomic E-state index is 10.0. The molecule has 1 atom stereocenters. The van der Waals surface area contributed by atoms with Gasteiger partial charge in [-0.3, -0.25) is 0 Å². The van der Waals surface area contributed by atoms with E-state index in [9.17, 15) is 5.11 Å². The van der Waals surface area contributed by atoms with E-state index in [1.807, 2.05) is 24.3 Å². The number of aliphatic hydroxyl groups excluding tert-OH is 1. The van der Waals surface area contributed by atoms with E-state index in [-0.39, 0.29) is 0 Å². The smallest absolute Gasteiger partial charge is 0.0793 e. The second-order valence-corrected chi connectivity index (χ2v) is 5.05. The Kier molecular flexibility index (Phi) is 3.97. The summed E-state index contributed by atoms with van der Waals surface area (Å²) in [5, 5.41) is 12.3. The average Bonchev–Trinajstić information content (AvgIpc) is 2.35. The van der Waals surface area contributed by atoms with Gasteiger partial charge in [0.25, 0.3) is 0 Å². The first-order chi connectivity index (χ1) is 8.20. The first kappa shape index (κ1) is 12.3. The van der Waals surface area contributed by atoms with Crippen molar-refractivity contribution in [1.29, 1.82) is 0 Å². The third-order valence-electron chi connectivity index (χ3n) is 2.86. The van der Waals surface area contributed by atoms with Crippen molar-refractivity contribution >= 4 is 26.7 Å². The second-order valence-electron chi connectivity index (χ2n) is 4.13. The molecule has 0 aliphatic heterocycles. The molecular weight excluding hydrogens is 276 g/mol. The highest BCUT2D eigenvalue weighted by Gasteiger charge is 2.07. The Morgan fingerprint density at radius 2 is 1.88 bits per heavy atom. The van der Waals surface area contributed by atoms with Crippen LogP contribution in [-0.2, 0) is 0 Å². The SMILES string of the molecule is C=CCCC(O)c1ccc2cc(Br)ccc2c1. The summed E-state index contributed by atoms with van der Waals surface area (Å²) in [6.45, 7) is 3.67. The van der Waals surface area contributed by atoms with Crippen molar-refractivity contribution in [2.45, 2.75) is 18.9 Å². The maximum absolute atomic E-state index is 10.0. The predicted molar refractivity (Wildman–Crippen MR) is 76.0 cm³/mol. The molecule has 1 unspecified atom stereocenters. The van der Waals surface area contributed by atoms with E-state index < -0.39 is 6.10 Å². The molecule has 0 radical (unpaired) electrons. The minimum atomic E-state index is -0.402. The molecule has 0 aliphatic carbocycles. The fourth-order valence-corrected chi connectivity index (χ4v) is 2.26. The van der Waals surface area contributed by atoms with Crippen LogP contribution in [0.2, 0.25) is 0 Å². The molecule has 2 aromatic rings. The van der Waals surface area contributed by atoms with Crippen LogP contribution in [0.4, 0.5) is 0 Å². The van der Waals surface area contributed by atoms with Crippen LogP contribution in [-0.4, -0.2) is 5.11 Å². The molecule has 0 bridgehead atoms. The highest BCUT2D eigenvalue weighted by molar-refractivity contribution is 9.10. The minimum absolute atomic E-state index is 0.402. The van der Waals surface area contributed by atoms with Crippen molar-refractivity contribution in [3.05, 3.63) is 59.1 Å². The van der Waals surface area contributed by atoms with Crippen LogP contribution >= 0.6 is 15.9 Å². The molecule has 0 heterocycles. The van der Waals surface area contributed by atoms with Crippen LogP contribution in [0.5, 0.6) is 0 Å². The Labute approximate surface area is 110 Å². The predicted octanol–water partition coefficient (Wildman–Crippen LogP) is 4.60. The van der Waals surface area contributed by atoms with Crippen molar-refractivity contribution in [2.75, 3.05) is 0 Å².